The van der Waals surface area contributed by atoms with Gasteiger partial charge in [0.05, 0.1) is 0 Å². The highest BCUT2D eigenvalue weighted by Gasteiger charge is 2.26. The van der Waals surface area contributed by atoms with Crippen molar-refractivity contribution in [1.82, 2.24) is 0 Å². The van der Waals surface area contributed by atoms with Crippen LogP contribution in [0.1, 0.15) is 24.8 Å². The Morgan fingerprint density at radius 1 is 1.35 bits per heavy atom. The van der Waals surface area contributed by atoms with Crippen molar-refractivity contribution >= 4 is 11.4 Å². The van der Waals surface area contributed by atoms with Gasteiger partial charge >= 0.3 is 0 Å². The predicted octanol–water partition coefficient (Wildman–Crippen LogP) is 2.40. The Labute approximate surface area is 103 Å². The third-order valence-corrected chi connectivity index (χ3v) is 3.98. The van der Waals surface area contributed by atoms with Crippen molar-refractivity contribution in [1.29, 1.82) is 0 Å². The highest BCUT2D eigenvalue weighted by Crippen LogP contribution is 2.32. The van der Waals surface area contributed by atoms with Gasteiger partial charge in [0.25, 0.3) is 0 Å². The number of rotatable bonds is 4. The number of hydrogen-bond donors (Lipinski definition) is 3. The van der Waals surface area contributed by atoms with E-state index in [0.717, 1.165) is 23.5 Å². The lowest BCUT2D eigenvalue weighted by Crippen LogP contribution is -2.21. The molecule has 0 radical (unpaired) electrons. The number of nitrogens with two attached hydrogens (primary N) is 1. The Bertz CT molecular complexity index is 378. The molecular weight excluding hydrogens is 212 g/mol. The van der Waals surface area contributed by atoms with Crippen molar-refractivity contribution in [3.63, 3.8) is 0 Å². The molecule has 94 valence electrons. The zero-order valence-electron chi connectivity index (χ0n) is 10.4. The van der Waals surface area contributed by atoms with Crippen LogP contribution in [0.15, 0.2) is 18.2 Å². The average Bonchev–Trinajstić information content (AvgIpc) is 2.78. The van der Waals surface area contributed by atoms with Crippen molar-refractivity contribution in [3.8, 4) is 0 Å². The van der Waals surface area contributed by atoms with Gasteiger partial charge < -0.3 is 16.2 Å². The molecule has 0 amide bonds. The van der Waals surface area contributed by atoms with E-state index in [4.69, 9.17) is 5.73 Å². The number of hydrogen-bond acceptors (Lipinski definition) is 3. The third kappa shape index (κ3) is 2.72. The van der Waals surface area contributed by atoms with Crippen LogP contribution in [-0.2, 0) is 0 Å². The maximum absolute atomic E-state index is 9.28. The summed E-state index contributed by atoms with van der Waals surface area (Å²) < 4.78 is 0. The third-order valence-electron chi connectivity index (χ3n) is 3.98. The van der Waals surface area contributed by atoms with Crippen molar-refractivity contribution < 1.29 is 5.11 Å². The summed E-state index contributed by atoms with van der Waals surface area (Å²) in [5.41, 5.74) is 8.95. The summed E-state index contributed by atoms with van der Waals surface area (Å²) in [5, 5.41) is 12.8. The maximum Gasteiger partial charge on any atom is 0.0462 e. The van der Waals surface area contributed by atoms with Gasteiger partial charge in [0.1, 0.15) is 0 Å². The summed E-state index contributed by atoms with van der Waals surface area (Å²) in [6.07, 6.45) is 3.63. The van der Waals surface area contributed by atoms with E-state index in [1.807, 2.05) is 19.1 Å². The van der Waals surface area contributed by atoms with E-state index in [2.05, 4.69) is 11.4 Å². The Morgan fingerprint density at radius 3 is 2.88 bits per heavy atom. The fourth-order valence-corrected chi connectivity index (χ4v) is 2.71. The molecule has 2 atom stereocenters. The number of aliphatic hydroxyl groups is 1. The first kappa shape index (κ1) is 12.2. The lowest BCUT2D eigenvalue weighted by atomic mass is 9.97. The van der Waals surface area contributed by atoms with Gasteiger partial charge in [-0.05, 0) is 49.3 Å². The average molecular weight is 234 g/mol. The van der Waals surface area contributed by atoms with E-state index in [1.165, 1.54) is 19.3 Å². The normalized spacial score (nSPS) is 23.9. The van der Waals surface area contributed by atoms with E-state index < -0.39 is 0 Å². The molecule has 1 aliphatic carbocycles. The minimum absolute atomic E-state index is 0.322. The van der Waals surface area contributed by atoms with Crippen LogP contribution in [0.2, 0.25) is 0 Å². The first-order chi connectivity index (χ1) is 8.22. The second-order valence-electron chi connectivity index (χ2n) is 5.03. The van der Waals surface area contributed by atoms with Crippen LogP contribution in [0, 0.1) is 18.8 Å². The standard InChI is InChI=1S/C14H22N2O/c1-10-13(15)6-3-7-14(10)16-8-11-4-2-5-12(11)9-17/h3,6-7,11-12,16-17H,2,4-5,8-9,15H2,1H3. The van der Waals surface area contributed by atoms with Gasteiger partial charge in [-0.15, -0.1) is 0 Å². The van der Waals surface area contributed by atoms with Crippen molar-refractivity contribution in [3.05, 3.63) is 23.8 Å². The minimum Gasteiger partial charge on any atom is -0.398 e. The number of anilines is 2. The summed E-state index contributed by atoms with van der Waals surface area (Å²) in [6, 6.07) is 5.96. The smallest absolute Gasteiger partial charge is 0.0462 e. The van der Waals surface area contributed by atoms with Gasteiger partial charge in [-0.1, -0.05) is 12.5 Å². The van der Waals surface area contributed by atoms with Gasteiger partial charge in [0.15, 0.2) is 0 Å². The Hall–Kier alpha value is -1.22. The van der Waals surface area contributed by atoms with Gasteiger partial charge in [0.2, 0.25) is 0 Å². The van der Waals surface area contributed by atoms with E-state index in [-0.39, 0.29) is 0 Å². The van der Waals surface area contributed by atoms with Crippen LogP contribution < -0.4 is 11.1 Å². The van der Waals surface area contributed by atoms with Crippen LogP contribution in [0.25, 0.3) is 0 Å². The lowest BCUT2D eigenvalue weighted by molar-refractivity contribution is 0.199. The second-order valence-corrected chi connectivity index (χ2v) is 5.03. The van der Waals surface area contributed by atoms with Gasteiger partial charge in [-0.3, -0.25) is 0 Å². The Morgan fingerprint density at radius 2 is 2.12 bits per heavy atom. The Balaban J connectivity index is 1.95. The zero-order valence-corrected chi connectivity index (χ0v) is 10.4. The number of nitrogens with one attached hydrogen (secondary N) is 1. The molecule has 0 aromatic heterocycles. The van der Waals surface area contributed by atoms with E-state index in [1.54, 1.807) is 0 Å². The largest absolute Gasteiger partial charge is 0.398 e. The molecule has 4 N–H and O–H groups in total. The van der Waals surface area contributed by atoms with Crippen LogP contribution in [0.5, 0.6) is 0 Å². The summed E-state index contributed by atoms with van der Waals surface area (Å²) in [5.74, 6) is 1.07. The zero-order chi connectivity index (χ0) is 12.3. The van der Waals surface area contributed by atoms with Crippen molar-refractivity contribution in [2.24, 2.45) is 11.8 Å². The highest BCUT2D eigenvalue weighted by atomic mass is 16.3. The Kier molecular flexibility index (Phi) is 3.89. The number of benzene rings is 1. The highest BCUT2D eigenvalue weighted by molar-refractivity contribution is 5.62. The number of aliphatic hydroxyl groups excluding tert-OH is 1. The molecule has 0 heterocycles. The fourth-order valence-electron chi connectivity index (χ4n) is 2.71. The van der Waals surface area contributed by atoms with Gasteiger partial charge in [-0.2, -0.15) is 0 Å². The first-order valence-electron chi connectivity index (χ1n) is 6.42. The molecule has 1 aromatic carbocycles. The van der Waals surface area contributed by atoms with Crippen molar-refractivity contribution in [2.75, 3.05) is 24.2 Å². The summed E-state index contributed by atoms with van der Waals surface area (Å²) >= 11 is 0. The molecule has 2 unspecified atom stereocenters. The predicted molar refractivity (Wildman–Crippen MR) is 72.0 cm³/mol. The number of nitrogen functional groups attached to an aromatic ring is 1. The van der Waals surface area contributed by atoms with E-state index >= 15 is 0 Å². The van der Waals surface area contributed by atoms with Gasteiger partial charge in [-0.25, -0.2) is 0 Å². The monoisotopic (exact) mass is 234 g/mol. The molecule has 2 rings (SSSR count). The topological polar surface area (TPSA) is 58.3 Å². The summed E-state index contributed by atoms with van der Waals surface area (Å²) in [6.45, 7) is 3.30. The molecule has 1 saturated carbocycles. The van der Waals surface area contributed by atoms with Gasteiger partial charge in [0, 0.05) is 24.5 Å². The molecule has 0 aliphatic heterocycles. The molecule has 17 heavy (non-hydrogen) atoms. The maximum atomic E-state index is 9.28. The van der Waals surface area contributed by atoms with Crippen LogP contribution >= 0.6 is 0 Å². The lowest BCUT2D eigenvalue weighted by Gasteiger charge is -2.19. The molecule has 1 aromatic rings. The molecular formula is C14H22N2O. The van der Waals surface area contributed by atoms with E-state index in [9.17, 15) is 5.11 Å². The molecule has 0 saturated heterocycles. The summed E-state index contributed by atoms with van der Waals surface area (Å²) in [7, 11) is 0. The van der Waals surface area contributed by atoms with Crippen LogP contribution in [-0.4, -0.2) is 18.3 Å². The van der Waals surface area contributed by atoms with Crippen LogP contribution in [0.3, 0.4) is 0 Å². The first-order valence-corrected chi connectivity index (χ1v) is 6.42. The molecule has 1 aliphatic rings. The molecule has 0 bridgehead atoms. The summed E-state index contributed by atoms with van der Waals surface area (Å²) in [4.78, 5) is 0. The van der Waals surface area contributed by atoms with E-state index in [0.29, 0.717) is 18.4 Å². The molecule has 1 fully saturated rings. The molecule has 3 nitrogen and oxygen atoms in total. The second kappa shape index (κ2) is 5.41. The quantitative estimate of drug-likeness (QED) is 0.701. The van der Waals surface area contributed by atoms with Crippen LogP contribution in [0.4, 0.5) is 11.4 Å². The minimum atomic E-state index is 0.322. The SMILES string of the molecule is Cc1c(N)cccc1NCC1CCCC1CO. The molecule has 3 heteroatoms. The fraction of sp³-hybridized carbons (Fsp3) is 0.571. The van der Waals surface area contributed by atoms with Crippen molar-refractivity contribution in [2.45, 2.75) is 26.2 Å². The molecule has 0 spiro atoms.